The first-order chi connectivity index (χ1) is 6.69. The molecule has 1 heterocycles. The van der Waals surface area contributed by atoms with Crippen LogP contribution in [0, 0.1) is 5.41 Å². The van der Waals surface area contributed by atoms with Gasteiger partial charge in [0.25, 0.3) is 0 Å². The largest absolute Gasteiger partial charge is 0.289 e. The third kappa shape index (κ3) is 2.28. The van der Waals surface area contributed by atoms with E-state index in [1.165, 1.54) is 11.0 Å². The SMILES string of the molecule is CC/C=C\c1nc(C(C)C)nn1C=N. The molecular formula is C10H16N4. The average molecular weight is 192 g/mol. The second kappa shape index (κ2) is 4.69. The van der Waals surface area contributed by atoms with E-state index >= 15 is 0 Å². The van der Waals surface area contributed by atoms with Crippen molar-refractivity contribution in [3.05, 3.63) is 17.7 Å². The van der Waals surface area contributed by atoms with Crippen LogP contribution in [0.4, 0.5) is 0 Å². The Labute approximate surface area is 84.2 Å². The molecule has 0 aliphatic rings. The highest BCUT2D eigenvalue weighted by atomic mass is 15.3. The molecular weight excluding hydrogens is 176 g/mol. The second-order valence-corrected chi connectivity index (χ2v) is 3.37. The number of aromatic nitrogens is 3. The maximum absolute atomic E-state index is 7.18. The van der Waals surface area contributed by atoms with Gasteiger partial charge in [0, 0.05) is 5.92 Å². The van der Waals surface area contributed by atoms with Gasteiger partial charge in [0.05, 0.1) is 0 Å². The predicted octanol–water partition coefficient (Wildman–Crippen LogP) is 2.28. The van der Waals surface area contributed by atoms with Gasteiger partial charge >= 0.3 is 0 Å². The Morgan fingerprint density at radius 2 is 2.21 bits per heavy atom. The predicted molar refractivity (Wildman–Crippen MR) is 57.6 cm³/mol. The zero-order chi connectivity index (χ0) is 10.6. The van der Waals surface area contributed by atoms with Gasteiger partial charge in [-0.05, 0) is 12.5 Å². The van der Waals surface area contributed by atoms with Gasteiger partial charge < -0.3 is 0 Å². The smallest absolute Gasteiger partial charge is 0.157 e. The zero-order valence-corrected chi connectivity index (χ0v) is 8.86. The van der Waals surface area contributed by atoms with Crippen LogP contribution < -0.4 is 0 Å². The van der Waals surface area contributed by atoms with Crippen LogP contribution in [-0.4, -0.2) is 21.1 Å². The summed E-state index contributed by atoms with van der Waals surface area (Å²) in [5.74, 6) is 1.81. The Hall–Kier alpha value is -1.45. The molecule has 0 aliphatic carbocycles. The molecule has 0 unspecified atom stereocenters. The zero-order valence-electron chi connectivity index (χ0n) is 8.86. The molecule has 1 aromatic rings. The molecule has 14 heavy (non-hydrogen) atoms. The molecule has 4 heteroatoms. The number of rotatable bonds is 4. The fraction of sp³-hybridized carbons (Fsp3) is 0.500. The first-order valence-electron chi connectivity index (χ1n) is 4.82. The van der Waals surface area contributed by atoms with Gasteiger partial charge in [-0.1, -0.05) is 26.8 Å². The highest BCUT2D eigenvalue weighted by Gasteiger charge is 2.08. The topological polar surface area (TPSA) is 54.6 Å². The van der Waals surface area contributed by atoms with Crippen LogP contribution in [0.2, 0.25) is 0 Å². The van der Waals surface area contributed by atoms with E-state index in [2.05, 4.69) is 17.0 Å². The molecule has 1 N–H and O–H groups in total. The Balaban J connectivity index is 3.02. The number of allylic oxidation sites excluding steroid dienone is 1. The minimum absolute atomic E-state index is 0.296. The highest BCUT2D eigenvalue weighted by molar-refractivity contribution is 5.58. The molecule has 0 aliphatic heterocycles. The fourth-order valence-electron chi connectivity index (χ4n) is 1.03. The molecule has 76 valence electrons. The van der Waals surface area contributed by atoms with Gasteiger partial charge in [-0.15, -0.1) is 5.10 Å². The monoisotopic (exact) mass is 192 g/mol. The molecule has 0 bridgehead atoms. The lowest BCUT2D eigenvalue weighted by molar-refractivity contribution is 0.767. The third-order valence-electron chi connectivity index (χ3n) is 1.82. The van der Waals surface area contributed by atoms with Crippen molar-refractivity contribution in [3.8, 4) is 0 Å². The molecule has 0 fully saturated rings. The van der Waals surface area contributed by atoms with Crippen LogP contribution >= 0.6 is 0 Å². The van der Waals surface area contributed by atoms with E-state index in [1.54, 1.807) is 0 Å². The van der Waals surface area contributed by atoms with Crippen molar-refractivity contribution in [2.45, 2.75) is 33.1 Å². The Kier molecular flexibility index (Phi) is 3.56. The number of nitrogens with one attached hydrogen (secondary N) is 1. The summed E-state index contributed by atoms with van der Waals surface area (Å²) in [5, 5.41) is 11.4. The molecule has 0 aromatic carbocycles. The average Bonchev–Trinajstić information content (AvgIpc) is 2.57. The quantitative estimate of drug-likeness (QED) is 0.587. The normalized spacial score (nSPS) is 11.4. The molecule has 4 nitrogen and oxygen atoms in total. The lowest BCUT2D eigenvalue weighted by Gasteiger charge is -1.93. The van der Waals surface area contributed by atoms with Crippen molar-refractivity contribution in [2.24, 2.45) is 0 Å². The standard InChI is InChI=1S/C10H16N4/c1-4-5-6-9-12-10(8(2)3)13-14(9)7-11/h5-8,11H,4H2,1-3H3/b6-5-,11-7?. The van der Waals surface area contributed by atoms with E-state index in [1.807, 2.05) is 26.0 Å². The first-order valence-corrected chi connectivity index (χ1v) is 4.82. The van der Waals surface area contributed by atoms with Gasteiger partial charge in [-0.3, -0.25) is 5.41 Å². The van der Waals surface area contributed by atoms with Crippen molar-refractivity contribution in [1.82, 2.24) is 14.8 Å². The van der Waals surface area contributed by atoms with E-state index in [0.717, 1.165) is 18.1 Å². The summed E-state index contributed by atoms with van der Waals surface area (Å²) in [6.07, 6.45) is 6.04. The maximum atomic E-state index is 7.18. The van der Waals surface area contributed by atoms with E-state index in [0.29, 0.717) is 5.92 Å². The molecule has 0 spiro atoms. The van der Waals surface area contributed by atoms with E-state index in [9.17, 15) is 0 Å². The van der Waals surface area contributed by atoms with Crippen LogP contribution in [0.25, 0.3) is 6.08 Å². The van der Waals surface area contributed by atoms with E-state index in [4.69, 9.17) is 5.41 Å². The number of nitrogens with zero attached hydrogens (tertiary/aromatic N) is 3. The van der Waals surface area contributed by atoms with Gasteiger partial charge in [0.1, 0.15) is 6.34 Å². The number of hydrogen-bond acceptors (Lipinski definition) is 3. The summed E-state index contributed by atoms with van der Waals surface area (Å²) < 4.78 is 1.49. The fourth-order valence-corrected chi connectivity index (χ4v) is 1.03. The molecule has 0 saturated heterocycles. The Morgan fingerprint density at radius 1 is 1.50 bits per heavy atom. The lowest BCUT2D eigenvalue weighted by Crippen LogP contribution is -1.99. The molecule has 0 atom stereocenters. The van der Waals surface area contributed by atoms with Crippen molar-refractivity contribution in [2.75, 3.05) is 0 Å². The van der Waals surface area contributed by atoms with Crippen molar-refractivity contribution < 1.29 is 0 Å². The lowest BCUT2D eigenvalue weighted by atomic mass is 10.2. The second-order valence-electron chi connectivity index (χ2n) is 3.37. The van der Waals surface area contributed by atoms with Crippen LogP contribution in [0.15, 0.2) is 6.08 Å². The molecule has 0 amide bonds. The van der Waals surface area contributed by atoms with Gasteiger partial charge in [-0.2, -0.15) is 0 Å². The summed E-state index contributed by atoms with van der Waals surface area (Å²) in [6.45, 7) is 6.14. The number of hydrogen-bond donors (Lipinski definition) is 1. The van der Waals surface area contributed by atoms with E-state index in [-0.39, 0.29) is 0 Å². The third-order valence-corrected chi connectivity index (χ3v) is 1.82. The van der Waals surface area contributed by atoms with Crippen molar-refractivity contribution in [3.63, 3.8) is 0 Å². The summed E-state index contributed by atoms with van der Waals surface area (Å²) >= 11 is 0. The van der Waals surface area contributed by atoms with Crippen LogP contribution in [0.5, 0.6) is 0 Å². The van der Waals surface area contributed by atoms with Crippen molar-refractivity contribution >= 4 is 12.4 Å². The minimum Gasteiger partial charge on any atom is -0.289 e. The van der Waals surface area contributed by atoms with Gasteiger partial charge in [-0.25, -0.2) is 9.67 Å². The van der Waals surface area contributed by atoms with Gasteiger partial charge in [0.2, 0.25) is 0 Å². The maximum Gasteiger partial charge on any atom is 0.157 e. The van der Waals surface area contributed by atoms with E-state index < -0.39 is 0 Å². The summed E-state index contributed by atoms with van der Waals surface area (Å²) in [5.41, 5.74) is 0. The molecule has 0 radical (unpaired) electrons. The summed E-state index contributed by atoms with van der Waals surface area (Å²) in [7, 11) is 0. The van der Waals surface area contributed by atoms with Gasteiger partial charge in [0.15, 0.2) is 11.6 Å². The van der Waals surface area contributed by atoms with Crippen LogP contribution in [0.1, 0.15) is 44.8 Å². The van der Waals surface area contributed by atoms with Crippen molar-refractivity contribution in [1.29, 1.82) is 5.41 Å². The molecule has 0 saturated carbocycles. The van der Waals surface area contributed by atoms with Crippen LogP contribution in [-0.2, 0) is 0 Å². The summed E-state index contributed by atoms with van der Waals surface area (Å²) in [6, 6.07) is 0. The van der Waals surface area contributed by atoms with Crippen LogP contribution in [0.3, 0.4) is 0 Å². The molecule has 1 aromatic heterocycles. The first kappa shape index (κ1) is 10.6. The summed E-state index contributed by atoms with van der Waals surface area (Å²) in [4.78, 5) is 4.33. The highest BCUT2D eigenvalue weighted by Crippen LogP contribution is 2.10. The molecule has 1 rings (SSSR count). The minimum atomic E-state index is 0.296. The Bertz CT molecular complexity index is 336. The Morgan fingerprint density at radius 3 is 2.71 bits per heavy atom.